The van der Waals surface area contributed by atoms with Gasteiger partial charge in [-0.05, 0) is 44.5 Å². The zero-order chi connectivity index (χ0) is 18.3. The maximum atomic E-state index is 11.8. The number of fused-ring (bicyclic) bond motifs is 1. The van der Waals surface area contributed by atoms with Crippen LogP contribution in [0.25, 0.3) is 11.0 Å². The van der Waals surface area contributed by atoms with Crippen LogP contribution in [0.5, 0.6) is 5.75 Å². The number of ether oxygens (including phenoxy) is 3. The van der Waals surface area contributed by atoms with E-state index in [-0.39, 0.29) is 18.2 Å². The van der Waals surface area contributed by atoms with Crippen molar-refractivity contribution in [1.82, 2.24) is 0 Å². The van der Waals surface area contributed by atoms with Crippen molar-refractivity contribution in [3.05, 3.63) is 40.8 Å². The molecule has 0 fully saturated rings. The summed E-state index contributed by atoms with van der Waals surface area (Å²) in [6.45, 7) is 7.00. The molecule has 0 radical (unpaired) electrons. The zero-order valence-electron chi connectivity index (χ0n) is 14.9. The molecule has 1 heterocycles. The predicted octanol–water partition coefficient (Wildman–Crippen LogP) is 3.17. The van der Waals surface area contributed by atoms with Gasteiger partial charge in [0, 0.05) is 11.5 Å². The molecule has 2 aromatic rings. The monoisotopic (exact) mass is 348 g/mol. The van der Waals surface area contributed by atoms with Crippen molar-refractivity contribution in [2.24, 2.45) is 5.41 Å². The highest BCUT2D eigenvalue weighted by atomic mass is 16.6. The lowest BCUT2D eigenvalue weighted by Gasteiger charge is -2.20. The number of carbonyl (C=O) groups excluding carboxylic acids is 1. The summed E-state index contributed by atoms with van der Waals surface area (Å²) in [4.78, 5) is 22.9. The Balaban J connectivity index is 1.66. The lowest BCUT2D eigenvalue weighted by Crippen LogP contribution is -2.27. The molecule has 136 valence electrons. The van der Waals surface area contributed by atoms with Crippen LogP contribution in [0.2, 0.25) is 0 Å². The van der Waals surface area contributed by atoms with Crippen molar-refractivity contribution in [2.45, 2.75) is 27.2 Å². The van der Waals surface area contributed by atoms with Crippen LogP contribution in [0.15, 0.2) is 39.5 Å². The van der Waals surface area contributed by atoms with E-state index in [9.17, 15) is 9.59 Å². The van der Waals surface area contributed by atoms with Crippen LogP contribution in [0, 0.1) is 5.41 Å². The van der Waals surface area contributed by atoms with Gasteiger partial charge in [0.05, 0.1) is 18.6 Å². The van der Waals surface area contributed by atoms with E-state index >= 15 is 0 Å². The molecule has 1 aromatic carbocycles. The average Bonchev–Trinajstić information content (AvgIpc) is 2.60. The fraction of sp³-hybridized carbons (Fsp3) is 0.474. The van der Waals surface area contributed by atoms with E-state index in [0.717, 1.165) is 11.8 Å². The van der Waals surface area contributed by atoms with E-state index in [4.69, 9.17) is 18.6 Å². The van der Waals surface area contributed by atoms with E-state index in [2.05, 4.69) is 0 Å². The molecule has 0 aliphatic carbocycles. The summed E-state index contributed by atoms with van der Waals surface area (Å²) < 4.78 is 21.2. The largest absolute Gasteiger partial charge is 0.491 e. The third-order valence-electron chi connectivity index (χ3n) is 3.98. The topological polar surface area (TPSA) is 75.0 Å². The van der Waals surface area contributed by atoms with E-state index in [1.165, 1.54) is 6.07 Å². The molecular formula is C19H24O6. The van der Waals surface area contributed by atoms with Crippen molar-refractivity contribution in [3.63, 3.8) is 0 Å². The van der Waals surface area contributed by atoms with Gasteiger partial charge in [0.2, 0.25) is 0 Å². The van der Waals surface area contributed by atoms with E-state index in [0.29, 0.717) is 31.2 Å². The minimum atomic E-state index is -0.460. The molecule has 6 heteroatoms. The molecule has 6 nitrogen and oxygen atoms in total. The Morgan fingerprint density at radius 3 is 2.60 bits per heavy atom. The first-order chi connectivity index (χ1) is 11.9. The Hall–Kier alpha value is -2.34. The molecule has 0 aliphatic rings. The van der Waals surface area contributed by atoms with Crippen LogP contribution in [0.3, 0.4) is 0 Å². The summed E-state index contributed by atoms with van der Waals surface area (Å²) in [5.41, 5.74) is -0.316. The van der Waals surface area contributed by atoms with Gasteiger partial charge in [-0.25, -0.2) is 4.79 Å². The second kappa shape index (κ2) is 8.67. The van der Waals surface area contributed by atoms with E-state index in [1.54, 1.807) is 24.3 Å². The Bertz CT molecular complexity index is 762. The van der Waals surface area contributed by atoms with Crippen LogP contribution in [0.4, 0.5) is 0 Å². The van der Waals surface area contributed by atoms with Crippen molar-refractivity contribution in [2.75, 3.05) is 26.4 Å². The Morgan fingerprint density at radius 2 is 1.84 bits per heavy atom. The number of hydrogen-bond donors (Lipinski definition) is 0. The number of hydrogen-bond acceptors (Lipinski definition) is 6. The van der Waals surface area contributed by atoms with Gasteiger partial charge in [0.15, 0.2) is 0 Å². The molecule has 0 spiro atoms. The molecule has 0 bridgehead atoms. The molecule has 0 N–H and O–H groups in total. The molecule has 2 rings (SSSR count). The van der Waals surface area contributed by atoms with Crippen molar-refractivity contribution in [1.29, 1.82) is 0 Å². The first-order valence-electron chi connectivity index (χ1n) is 8.34. The van der Waals surface area contributed by atoms with Gasteiger partial charge < -0.3 is 18.6 Å². The second-order valence-electron chi connectivity index (χ2n) is 6.29. The second-order valence-corrected chi connectivity index (χ2v) is 6.29. The highest BCUT2D eigenvalue weighted by Crippen LogP contribution is 2.21. The van der Waals surface area contributed by atoms with Gasteiger partial charge in [-0.3, -0.25) is 4.79 Å². The van der Waals surface area contributed by atoms with Crippen LogP contribution in [0.1, 0.15) is 27.2 Å². The summed E-state index contributed by atoms with van der Waals surface area (Å²) in [5, 5.41) is 0.795. The minimum Gasteiger partial charge on any atom is -0.491 e. The van der Waals surface area contributed by atoms with Gasteiger partial charge in [0.1, 0.15) is 24.5 Å². The van der Waals surface area contributed by atoms with Crippen molar-refractivity contribution < 1.29 is 23.4 Å². The lowest BCUT2D eigenvalue weighted by molar-refractivity contribution is -0.155. The summed E-state index contributed by atoms with van der Waals surface area (Å²) in [6, 6.07) is 8.29. The molecule has 0 amide bonds. The number of rotatable bonds is 9. The smallest absolute Gasteiger partial charge is 0.336 e. The Kier molecular flexibility index (Phi) is 6.58. The first kappa shape index (κ1) is 19.0. The Morgan fingerprint density at radius 1 is 1.08 bits per heavy atom. The van der Waals surface area contributed by atoms with Crippen LogP contribution >= 0.6 is 0 Å². The zero-order valence-corrected chi connectivity index (χ0v) is 14.9. The van der Waals surface area contributed by atoms with Gasteiger partial charge in [-0.2, -0.15) is 0 Å². The van der Waals surface area contributed by atoms with Crippen molar-refractivity contribution >= 4 is 16.9 Å². The predicted molar refractivity (Wildman–Crippen MR) is 93.8 cm³/mol. The van der Waals surface area contributed by atoms with Gasteiger partial charge in [-0.1, -0.05) is 6.92 Å². The summed E-state index contributed by atoms with van der Waals surface area (Å²) >= 11 is 0. The number of carbonyl (C=O) groups is 1. The molecule has 0 aliphatic heterocycles. The molecule has 0 saturated carbocycles. The number of benzene rings is 1. The number of esters is 1. The molecule has 0 atom stereocenters. The van der Waals surface area contributed by atoms with Gasteiger partial charge >= 0.3 is 11.6 Å². The minimum absolute atomic E-state index is 0.210. The lowest BCUT2D eigenvalue weighted by atomic mass is 9.91. The van der Waals surface area contributed by atoms with Crippen LogP contribution < -0.4 is 10.4 Å². The van der Waals surface area contributed by atoms with Crippen molar-refractivity contribution in [3.8, 4) is 5.75 Å². The Labute approximate surface area is 146 Å². The molecule has 0 unspecified atom stereocenters. The summed E-state index contributed by atoms with van der Waals surface area (Å²) in [6.07, 6.45) is 0.732. The van der Waals surface area contributed by atoms with E-state index < -0.39 is 5.41 Å². The summed E-state index contributed by atoms with van der Waals surface area (Å²) in [7, 11) is 0. The SMILES string of the molecule is CCC(C)(C)C(=O)OCCOCCOc1ccc2oc(=O)ccc2c1. The van der Waals surface area contributed by atoms with Crippen LogP contribution in [-0.2, 0) is 14.3 Å². The molecule has 1 aromatic heterocycles. The van der Waals surface area contributed by atoms with E-state index in [1.807, 2.05) is 20.8 Å². The fourth-order valence-electron chi connectivity index (χ4n) is 1.99. The third-order valence-corrected chi connectivity index (χ3v) is 3.98. The maximum absolute atomic E-state index is 11.8. The normalized spacial score (nSPS) is 11.5. The third kappa shape index (κ3) is 5.60. The molecule has 25 heavy (non-hydrogen) atoms. The highest BCUT2D eigenvalue weighted by molar-refractivity contribution is 5.77. The molecule has 0 saturated heterocycles. The first-order valence-corrected chi connectivity index (χ1v) is 8.34. The maximum Gasteiger partial charge on any atom is 0.336 e. The summed E-state index contributed by atoms with van der Waals surface area (Å²) in [5.74, 6) is 0.457. The quantitative estimate of drug-likeness (QED) is 0.394. The standard InChI is InChI=1S/C19H24O6/c1-4-19(2,3)18(21)24-12-10-22-9-11-23-15-6-7-16-14(13-15)5-8-17(20)25-16/h5-8,13H,4,9-12H2,1-3H3. The van der Waals surface area contributed by atoms with Gasteiger partial charge in [-0.15, -0.1) is 0 Å². The van der Waals surface area contributed by atoms with Gasteiger partial charge in [0.25, 0.3) is 0 Å². The van der Waals surface area contributed by atoms with Crippen LogP contribution in [-0.4, -0.2) is 32.4 Å². The molecular weight excluding hydrogens is 324 g/mol. The average molecular weight is 348 g/mol. The highest BCUT2D eigenvalue weighted by Gasteiger charge is 2.26. The fourth-order valence-corrected chi connectivity index (χ4v) is 1.99.